The van der Waals surface area contributed by atoms with Gasteiger partial charge in [0.15, 0.2) is 11.0 Å². The van der Waals surface area contributed by atoms with E-state index in [9.17, 15) is 0 Å². The molecule has 0 radical (unpaired) electrons. The van der Waals surface area contributed by atoms with E-state index in [-0.39, 0.29) is 0 Å². The lowest BCUT2D eigenvalue weighted by Gasteiger charge is -2.12. The number of rotatable bonds is 1. The standard InChI is InChI=1S/C23H19N2/c1-14(2)16-12-11-15-13-24-19-9-5-6-10-20(19)25-18-8-4-3-7-17(18)22(16)21(15)23(24)25/h3-12,14H,13H2,1-2H3/q+1. The third-order valence-electron chi connectivity index (χ3n) is 5.79. The van der Waals surface area contributed by atoms with E-state index in [4.69, 9.17) is 0 Å². The van der Waals surface area contributed by atoms with Crippen LogP contribution in [0, 0.1) is 0 Å². The highest BCUT2D eigenvalue weighted by Crippen LogP contribution is 2.39. The van der Waals surface area contributed by atoms with Gasteiger partial charge in [-0.1, -0.05) is 56.3 Å². The van der Waals surface area contributed by atoms with Crippen LogP contribution in [0.1, 0.15) is 30.9 Å². The molecule has 1 aliphatic heterocycles. The van der Waals surface area contributed by atoms with Crippen molar-refractivity contribution in [3.05, 3.63) is 71.8 Å². The van der Waals surface area contributed by atoms with Crippen LogP contribution in [-0.2, 0) is 6.54 Å². The van der Waals surface area contributed by atoms with E-state index in [1.807, 2.05) is 0 Å². The van der Waals surface area contributed by atoms with Crippen LogP contribution in [-0.4, -0.2) is 4.40 Å². The first-order valence-electron chi connectivity index (χ1n) is 9.05. The highest BCUT2D eigenvalue weighted by molar-refractivity contribution is 6.15. The third-order valence-corrected chi connectivity index (χ3v) is 5.79. The van der Waals surface area contributed by atoms with Gasteiger partial charge < -0.3 is 0 Å². The Kier molecular flexibility index (Phi) is 2.36. The molecule has 0 amide bonds. The first-order chi connectivity index (χ1) is 12.3. The Labute approximate surface area is 145 Å². The monoisotopic (exact) mass is 323 g/mol. The van der Waals surface area contributed by atoms with E-state index < -0.39 is 0 Å². The van der Waals surface area contributed by atoms with Crippen molar-refractivity contribution in [1.29, 1.82) is 0 Å². The maximum Gasteiger partial charge on any atom is 0.296 e. The fraction of sp³-hybridized carbons (Fsp3) is 0.174. The molecule has 0 fully saturated rings. The molecular formula is C23H19N2+. The number of imidazole rings is 1. The van der Waals surface area contributed by atoms with Crippen LogP contribution in [0.5, 0.6) is 0 Å². The summed E-state index contributed by atoms with van der Waals surface area (Å²) >= 11 is 0. The Bertz CT molecular complexity index is 1340. The zero-order valence-electron chi connectivity index (χ0n) is 14.5. The van der Waals surface area contributed by atoms with Crippen molar-refractivity contribution in [3.63, 3.8) is 0 Å². The van der Waals surface area contributed by atoms with Crippen molar-refractivity contribution in [1.82, 2.24) is 4.40 Å². The second-order valence-electron chi connectivity index (χ2n) is 7.47. The Balaban J connectivity index is 2.06. The molecule has 2 nitrogen and oxygen atoms in total. The van der Waals surface area contributed by atoms with Gasteiger partial charge in [0, 0.05) is 16.3 Å². The van der Waals surface area contributed by atoms with Crippen LogP contribution in [0.25, 0.3) is 38.4 Å². The van der Waals surface area contributed by atoms with Gasteiger partial charge in [0.1, 0.15) is 12.1 Å². The summed E-state index contributed by atoms with van der Waals surface area (Å²) in [6.07, 6.45) is 0. The minimum atomic E-state index is 0.512. The van der Waals surface area contributed by atoms with Gasteiger partial charge in [-0.2, -0.15) is 4.40 Å². The molecule has 0 unspecified atom stereocenters. The van der Waals surface area contributed by atoms with Gasteiger partial charge in [-0.3, -0.25) is 0 Å². The fourth-order valence-corrected chi connectivity index (χ4v) is 4.75. The maximum absolute atomic E-state index is 2.49. The predicted octanol–water partition coefficient (Wildman–Crippen LogP) is 5.17. The number of pyridine rings is 1. The van der Waals surface area contributed by atoms with E-state index in [0.717, 1.165) is 6.54 Å². The number of para-hydroxylation sites is 3. The Morgan fingerprint density at radius 3 is 2.44 bits per heavy atom. The largest absolute Gasteiger partial charge is 0.296 e. The summed E-state index contributed by atoms with van der Waals surface area (Å²) in [6.45, 7) is 5.57. The summed E-state index contributed by atoms with van der Waals surface area (Å²) in [4.78, 5) is 0. The molecule has 0 spiro atoms. The van der Waals surface area contributed by atoms with Crippen LogP contribution in [0.15, 0.2) is 60.7 Å². The molecule has 6 rings (SSSR count). The number of hydrogen-bond donors (Lipinski definition) is 0. The average molecular weight is 323 g/mol. The van der Waals surface area contributed by atoms with Crippen LogP contribution in [0.2, 0.25) is 0 Å². The molecule has 3 heterocycles. The van der Waals surface area contributed by atoms with E-state index in [0.29, 0.717) is 5.92 Å². The molecule has 0 atom stereocenters. The average Bonchev–Trinajstić information content (AvgIpc) is 3.16. The molecular weight excluding hydrogens is 304 g/mol. The number of benzene rings is 3. The first kappa shape index (κ1) is 13.4. The Hall–Kier alpha value is -2.87. The normalized spacial score (nSPS) is 13.4. The molecule has 0 saturated heterocycles. The highest BCUT2D eigenvalue weighted by atomic mass is 15.1. The molecule has 0 aliphatic carbocycles. The second-order valence-corrected chi connectivity index (χ2v) is 7.47. The number of hydrogen-bond acceptors (Lipinski definition) is 0. The van der Waals surface area contributed by atoms with Crippen LogP contribution in [0.4, 0.5) is 0 Å². The molecule has 2 aromatic heterocycles. The summed E-state index contributed by atoms with van der Waals surface area (Å²) in [7, 11) is 0. The quantitative estimate of drug-likeness (QED) is 0.291. The Morgan fingerprint density at radius 1 is 0.840 bits per heavy atom. The van der Waals surface area contributed by atoms with Crippen molar-refractivity contribution in [2.24, 2.45) is 0 Å². The summed E-state index contributed by atoms with van der Waals surface area (Å²) < 4.78 is 4.96. The first-order valence-corrected chi connectivity index (χ1v) is 9.05. The van der Waals surface area contributed by atoms with Gasteiger partial charge in [0.25, 0.3) is 5.65 Å². The van der Waals surface area contributed by atoms with E-state index in [2.05, 4.69) is 83.5 Å². The SMILES string of the molecule is CC(C)c1ccc2c3c1c1ccccc1n1c4ccccc4[n+](c31)C2. The molecule has 2 heteroatoms. The van der Waals surface area contributed by atoms with Gasteiger partial charge in [-0.05, 0) is 29.7 Å². The van der Waals surface area contributed by atoms with Crippen LogP contribution < -0.4 is 4.57 Å². The van der Waals surface area contributed by atoms with Gasteiger partial charge in [-0.25, -0.2) is 4.57 Å². The molecule has 0 bridgehead atoms. The van der Waals surface area contributed by atoms with Gasteiger partial charge in [0.05, 0.1) is 5.39 Å². The molecule has 0 N–H and O–H groups in total. The molecule has 120 valence electrons. The van der Waals surface area contributed by atoms with Crippen molar-refractivity contribution in [2.75, 3.05) is 0 Å². The topological polar surface area (TPSA) is 8.29 Å². The number of fused-ring (bicyclic) bond motifs is 6. The zero-order chi connectivity index (χ0) is 16.7. The Morgan fingerprint density at radius 2 is 1.60 bits per heavy atom. The molecule has 5 aromatic rings. The summed E-state index contributed by atoms with van der Waals surface area (Å²) in [5.41, 5.74) is 8.19. The molecule has 0 saturated carbocycles. The van der Waals surface area contributed by atoms with Gasteiger partial charge >= 0.3 is 0 Å². The minimum absolute atomic E-state index is 0.512. The highest BCUT2D eigenvalue weighted by Gasteiger charge is 2.32. The molecule has 1 aliphatic rings. The molecule has 3 aromatic carbocycles. The summed E-state index contributed by atoms with van der Waals surface area (Å²) in [6, 6.07) is 22.3. The van der Waals surface area contributed by atoms with Crippen molar-refractivity contribution in [2.45, 2.75) is 26.3 Å². The van der Waals surface area contributed by atoms with Crippen molar-refractivity contribution in [3.8, 4) is 0 Å². The number of aromatic nitrogens is 2. The van der Waals surface area contributed by atoms with Gasteiger partial charge in [0.2, 0.25) is 0 Å². The maximum atomic E-state index is 2.49. The smallest absolute Gasteiger partial charge is 0.218 e. The lowest BCUT2D eigenvalue weighted by atomic mass is 9.92. The van der Waals surface area contributed by atoms with Crippen LogP contribution >= 0.6 is 0 Å². The lowest BCUT2D eigenvalue weighted by molar-refractivity contribution is -0.631. The van der Waals surface area contributed by atoms with Crippen molar-refractivity contribution >= 4 is 38.4 Å². The predicted molar refractivity (Wildman–Crippen MR) is 103 cm³/mol. The lowest BCUT2D eigenvalue weighted by Crippen LogP contribution is -2.30. The minimum Gasteiger partial charge on any atom is -0.218 e. The van der Waals surface area contributed by atoms with Crippen molar-refractivity contribution < 1.29 is 4.57 Å². The van der Waals surface area contributed by atoms with E-state index in [1.54, 1.807) is 0 Å². The molecule has 25 heavy (non-hydrogen) atoms. The van der Waals surface area contributed by atoms with E-state index >= 15 is 0 Å². The zero-order valence-corrected chi connectivity index (χ0v) is 14.5. The fourth-order valence-electron chi connectivity index (χ4n) is 4.75. The summed E-state index contributed by atoms with van der Waals surface area (Å²) in [5, 5.41) is 4.26. The van der Waals surface area contributed by atoms with Gasteiger partial charge in [-0.15, -0.1) is 0 Å². The van der Waals surface area contributed by atoms with E-state index in [1.165, 1.54) is 49.5 Å². The second kappa shape index (κ2) is 4.40. The number of nitrogens with zero attached hydrogens (tertiary/aromatic N) is 2. The van der Waals surface area contributed by atoms with Crippen LogP contribution in [0.3, 0.4) is 0 Å². The summed E-state index contributed by atoms with van der Waals surface area (Å²) in [5.74, 6) is 0.512. The third kappa shape index (κ3) is 1.49.